The lowest BCUT2D eigenvalue weighted by molar-refractivity contribution is 0.0425. The van der Waals surface area contributed by atoms with E-state index >= 15 is 0 Å². The summed E-state index contributed by atoms with van der Waals surface area (Å²) in [6.07, 6.45) is 0. The third kappa shape index (κ3) is 3.20. The van der Waals surface area contributed by atoms with E-state index in [2.05, 4.69) is 9.47 Å². The second-order valence-corrected chi connectivity index (χ2v) is 6.90. The second-order valence-electron chi connectivity index (χ2n) is 6.90. The lowest BCUT2D eigenvalue weighted by Gasteiger charge is -2.12. The van der Waals surface area contributed by atoms with Gasteiger partial charge in [-0.25, -0.2) is 19.2 Å². The van der Waals surface area contributed by atoms with E-state index in [-0.39, 0.29) is 22.3 Å². The minimum Gasteiger partial charge on any atom is -0.457 e. The van der Waals surface area contributed by atoms with Crippen LogP contribution in [-0.4, -0.2) is 23.9 Å². The van der Waals surface area contributed by atoms with Crippen molar-refractivity contribution in [1.82, 2.24) is 0 Å². The Bertz CT molecular complexity index is 1320. The predicted molar refractivity (Wildman–Crippen MR) is 104 cm³/mol. The van der Waals surface area contributed by atoms with Gasteiger partial charge >= 0.3 is 23.9 Å². The van der Waals surface area contributed by atoms with Crippen LogP contribution in [0.1, 0.15) is 47.0 Å². The highest BCUT2D eigenvalue weighted by atomic mass is 16.6. The van der Waals surface area contributed by atoms with Crippen molar-refractivity contribution in [2.24, 2.45) is 0 Å². The molecule has 0 aliphatic carbocycles. The van der Waals surface area contributed by atoms with Gasteiger partial charge in [0.1, 0.15) is 23.0 Å². The number of rotatable bonds is 4. The van der Waals surface area contributed by atoms with E-state index in [1.54, 1.807) is 30.3 Å². The quantitative estimate of drug-likeness (QED) is 0.460. The Balaban J connectivity index is 1.35. The topological polar surface area (TPSA) is 105 Å². The Morgan fingerprint density at radius 2 is 1.00 bits per heavy atom. The first-order valence-corrected chi connectivity index (χ1v) is 9.16. The molecule has 0 fully saturated rings. The zero-order chi connectivity index (χ0) is 21.7. The molecule has 2 aliphatic heterocycles. The number of fused-ring (bicyclic) bond motifs is 2. The first kappa shape index (κ1) is 18.6. The van der Waals surface area contributed by atoms with Crippen molar-refractivity contribution >= 4 is 23.9 Å². The molecular formula is C23H12O8. The van der Waals surface area contributed by atoms with Crippen LogP contribution in [0.5, 0.6) is 23.0 Å². The molecule has 8 heteroatoms. The molecule has 3 aromatic carbocycles. The molecule has 31 heavy (non-hydrogen) atoms. The SMILES string of the molecule is Cc1cc(Oc2ccc3c(c2)C(=O)OC3=O)ccc1Oc1ccc2c(c1)C(=O)OC2=O. The summed E-state index contributed by atoms with van der Waals surface area (Å²) in [7, 11) is 0. The van der Waals surface area contributed by atoms with Crippen LogP contribution in [0.3, 0.4) is 0 Å². The van der Waals surface area contributed by atoms with E-state index in [4.69, 9.17) is 9.47 Å². The van der Waals surface area contributed by atoms with E-state index in [1.165, 1.54) is 24.3 Å². The second kappa shape index (κ2) is 6.81. The van der Waals surface area contributed by atoms with Crippen molar-refractivity contribution in [3.8, 4) is 23.0 Å². The normalized spacial score (nSPS) is 14.1. The van der Waals surface area contributed by atoms with Gasteiger partial charge in [-0.05, 0) is 67.1 Å². The first-order valence-electron chi connectivity index (χ1n) is 9.16. The van der Waals surface area contributed by atoms with Gasteiger partial charge in [-0.2, -0.15) is 0 Å². The molecule has 3 aromatic rings. The molecule has 0 saturated carbocycles. The van der Waals surface area contributed by atoms with Crippen molar-refractivity contribution in [2.45, 2.75) is 6.92 Å². The highest BCUT2D eigenvalue weighted by Gasteiger charge is 2.31. The molecule has 0 bridgehead atoms. The Morgan fingerprint density at radius 1 is 0.548 bits per heavy atom. The van der Waals surface area contributed by atoms with Gasteiger partial charge in [0.2, 0.25) is 0 Å². The first-order chi connectivity index (χ1) is 14.9. The van der Waals surface area contributed by atoms with Crippen molar-refractivity contribution in [1.29, 1.82) is 0 Å². The van der Waals surface area contributed by atoms with Crippen LogP contribution < -0.4 is 9.47 Å². The number of carbonyl (C=O) groups is 4. The summed E-state index contributed by atoms with van der Waals surface area (Å²) in [6.45, 7) is 1.81. The lowest BCUT2D eigenvalue weighted by Crippen LogP contribution is -1.97. The van der Waals surface area contributed by atoms with Crippen molar-refractivity contribution < 1.29 is 38.1 Å². The van der Waals surface area contributed by atoms with Crippen LogP contribution in [0.4, 0.5) is 0 Å². The van der Waals surface area contributed by atoms with E-state index < -0.39 is 23.9 Å². The van der Waals surface area contributed by atoms with Crippen molar-refractivity contribution in [3.05, 3.63) is 82.4 Å². The number of aryl methyl sites for hydroxylation is 1. The molecule has 2 aliphatic rings. The van der Waals surface area contributed by atoms with Crippen LogP contribution in [-0.2, 0) is 9.47 Å². The average Bonchev–Trinajstić information content (AvgIpc) is 3.18. The highest BCUT2D eigenvalue weighted by Crippen LogP contribution is 2.33. The standard InChI is InChI=1S/C23H12O8/c1-11-8-12(28-13-2-5-15-17(9-13)22(26)30-20(15)24)4-7-19(11)29-14-3-6-16-18(10-14)23(27)31-21(16)25/h2-10H,1H3. The van der Waals surface area contributed by atoms with Crippen LogP contribution in [0, 0.1) is 6.92 Å². The van der Waals surface area contributed by atoms with Gasteiger partial charge in [0.05, 0.1) is 22.3 Å². The molecular weight excluding hydrogens is 404 g/mol. The number of benzene rings is 3. The van der Waals surface area contributed by atoms with Gasteiger partial charge in [0.25, 0.3) is 0 Å². The Morgan fingerprint density at radius 3 is 1.55 bits per heavy atom. The smallest absolute Gasteiger partial charge is 0.347 e. The van der Waals surface area contributed by atoms with E-state index in [9.17, 15) is 19.2 Å². The summed E-state index contributed by atoms with van der Waals surface area (Å²) in [5.41, 5.74) is 1.48. The van der Waals surface area contributed by atoms with E-state index in [0.717, 1.165) is 5.56 Å². The van der Waals surface area contributed by atoms with Gasteiger partial charge in [-0.1, -0.05) is 0 Å². The Labute approximate surface area is 174 Å². The number of carbonyl (C=O) groups excluding carboxylic acids is 4. The number of hydrogen-bond donors (Lipinski definition) is 0. The molecule has 0 unspecified atom stereocenters. The van der Waals surface area contributed by atoms with Gasteiger partial charge in [-0.15, -0.1) is 0 Å². The zero-order valence-corrected chi connectivity index (χ0v) is 16.0. The fourth-order valence-corrected chi connectivity index (χ4v) is 3.32. The van der Waals surface area contributed by atoms with E-state index in [0.29, 0.717) is 23.0 Å². The van der Waals surface area contributed by atoms with Crippen molar-refractivity contribution in [3.63, 3.8) is 0 Å². The van der Waals surface area contributed by atoms with Crippen LogP contribution >= 0.6 is 0 Å². The zero-order valence-electron chi connectivity index (χ0n) is 16.0. The summed E-state index contributed by atoms with van der Waals surface area (Å²) >= 11 is 0. The number of ether oxygens (including phenoxy) is 4. The van der Waals surface area contributed by atoms with Gasteiger partial charge in [-0.3, -0.25) is 0 Å². The number of hydrogen-bond acceptors (Lipinski definition) is 8. The van der Waals surface area contributed by atoms with Crippen LogP contribution in [0.15, 0.2) is 54.6 Å². The molecule has 0 saturated heterocycles. The molecule has 152 valence electrons. The van der Waals surface area contributed by atoms with E-state index in [1.807, 2.05) is 6.92 Å². The maximum absolute atomic E-state index is 11.7. The molecule has 0 amide bonds. The monoisotopic (exact) mass is 416 g/mol. The molecule has 5 rings (SSSR count). The Hall–Kier alpha value is -4.46. The molecule has 8 nitrogen and oxygen atoms in total. The molecule has 2 heterocycles. The molecule has 0 atom stereocenters. The third-order valence-electron chi connectivity index (χ3n) is 4.84. The number of esters is 4. The summed E-state index contributed by atoms with van der Waals surface area (Å²) in [6, 6.07) is 14.1. The largest absolute Gasteiger partial charge is 0.457 e. The minimum absolute atomic E-state index is 0.160. The maximum Gasteiger partial charge on any atom is 0.347 e. The highest BCUT2D eigenvalue weighted by molar-refractivity contribution is 6.15. The summed E-state index contributed by atoms with van der Waals surface area (Å²) in [4.78, 5) is 46.5. The molecule has 0 radical (unpaired) electrons. The van der Waals surface area contributed by atoms with Crippen LogP contribution in [0.25, 0.3) is 0 Å². The lowest BCUT2D eigenvalue weighted by atomic mass is 10.1. The van der Waals surface area contributed by atoms with Gasteiger partial charge in [0.15, 0.2) is 0 Å². The summed E-state index contributed by atoms with van der Waals surface area (Å²) in [5, 5.41) is 0. The summed E-state index contributed by atoms with van der Waals surface area (Å²) < 4.78 is 20.8. The fourth-order valence-electron chi connectivity index (χ4n) is 3.32. The number of cyclic esters (lactones) is 4. The minimum atomic E-state index is -0.703. The molecule has 0 aromatic heterocycles. The van der Waals surface area contributed by atoms with Gasteiger partial charge in [0, 0.05) is 0 Å². The third-order valence-corrected chi connectivity index (χ3v) is 4.84. The molecule has 0 N–H and O–H groups in total. The molecule has 0 spiro atoms. The average molecular weight is 416 g/mol. The predicted octanol–water partition coefficient (Wildman–Crippen LogP) is 4.20. The Kier molecular flexibility index (Phi) is 4.07. The summed E-state index contributed by atoms with van der Waals surface area (Å²) in [5.74, 6) is -0.986. The fraction of sp³-hybridized carbons (Fsp3) is 0.0435. The van der Waals surface area contributed by atoms with Crippen molar-refractivity contribution in [2.75, 3.05) is 0 Å². The van der Waals surface area contributed by atoms with Gasteiger partial charge < -0.3 is 18.9 Å². The van der Waals surface area contributed by atoms with Crippen LogP contribution in [0.2, 0.25) is 0 Å². The maximum atomic E-state index is 11.7.